The Bertz CT molecular complexity index is 210. The number of terminal acetylenes is 2. The van der Waals surface area contributed by atoms with Gasteiger partial charge in [0.15, 0.2) is 0 Å². The summed E-state index contributed by atoms with van der Waals surface area (Å²) in [6.07, 6.45) is 10.0. The van der Waals surface area contributed by atoms with Crippen LogP contribution < -0.4 is 0 Å². The van der Waals surface area contributed by atoms with Gasteiger partial charge < -0.3 is 19.7 Å². The highest BCUT2D eigenvalue weighted by Gasteiger charge is 2.29. The Morgan fingerprint density at radius 1 is 0.933 bits per heavy atom. The van der Waals surface area contributed by atoms with Gasteiger partial charge in [0.25, 0.3) is 0 Å². The van der Waals surface area contributed by atoms with Crippen molar-refractivity contribution in [3.8, 4) is 24.7 Å². The first-order valence-electron chi connectivity index (χ1n) is 4.49. The smallest absolute Gasteiger partial charge is 0.107 e. The van der Waals surface area contributed by atoms with E-state index in [2.05, 4.69) is 11.8 Å². The van der Waals surface area contributed by atoms with Crippen molar-refractivity contribution in [3.05, 3.63) is 0 Å². The molecule has 0 atom stereocenters. The molecule has 0 aromatic carbocycles. The van der Waals surface area contributed by atoms with Crippen molar-refractivity contribution in [1.82, 2.24) is 0 Å². The zero-order valence-electron chi connectivity index (χ0n) is 8.61. The summed E-state index contributed by atoms with van der Waals surface area (Å²) in [6, 6.07) is 0. The van der Waals surface area contributed by atoms with Gasteiger partial charge in [-0.1, -0.05) is 11.8 Å². The molecule has 0 aromatic rings. The summed E-state index contributed by atoms with van der Waals surface area (Å²) in [7, 11) is 0. The molecule has 0 rings (SSSR count). The minimum atomic E-state index is -0.840. The highest BCUT2D eigenvalue weighted by molar-refractivity contribution is 4.86. The van der Waals surface area contributed by atoms with Gasteiger partial charge in [-0.3, -0.25) is 0 Å². The van der Waals surface area contributed by atoms with E-state index in [1.54, 1.807) is 0 Å². The molecule has 15 heavy (non-hydrogen) atoms. The maximum absolute atomic E-state index is 9.15. The van der Waals surface area contributed by atoms with Crippen LogP contribution in [0.5, 0.6) is 0 Å². The van der Waals surface area contributed by atoms with Gasteiger partial charge in [-0.05, 0) is 0 Å². The molecule has 0 aromatic heterocycles. The first-order valence-corrected chi connectivity index (χ1v) is 4.49. The summed E-state index contributed by atoms with van der Waals surface area (Å²) >= 11 is 0. The molecule has 0 aliphatic carbocycles. The van der Waals surface area contributed by atoms with E-state index in [4.69, 9.17) is 32.5 Å². The number of rotatable bonds is 8. The van der Waals surface area contributed by atoms with Crippen molar-refractivity contribution in [2.24, 2.45) is 5.41 Å². The molecule has 0 fully saturated rings. The van der Waals surface area contributed by atoms with Crippen molar-refractivity contribution < 1.29 is 19.7 Å². The molecule has 0 unspecified atom stereocenters. The van der Waals surface area contributed by atoms with Gasteiger partial charge in [0.05, 0.1) is 31.8 Å². The Balaban J connectivity index is 4.07. The van der Waals surface area contributed by atoms with Gasteiger partial charge in [-0.15, -0.1) is 12.8 Å². The Morgan fingerprint density at radius 3 is 1.60 bits per heavy atom. The fourth-order valence-corrected chi connectivity index (χ4v) is 0.927. The molecular weight excluding hydrogens is 196 g/mol. The minimum Gasteiger partial charge on any atom is -0.396 e. The van der Waals surface area contributed by atoms with E-state index in [0.717, 1.165) is 0 Å². The van der Waals surface area contributed by atoms with Gasteiger partial charge in [-0.25, -0.2) is 0 Å². The van der Waals surface area contributed by atoms with Gasteiger partial charge in [0.2, 0.25) is 0 Å². The molecule has 0 bridgehead atoms. The summed E-state index contributed by atoms with van der Waals surface area (Å²) in [5.74, 6) is 4.59. The minimum absolute atomic E-state index is 0.134. The maximum Gasteiger partial charge on any atom is 0.107 e. The predicted molar refractivity (Wildman–Crippen MR) is 55.9 cm³/mol. The van der Waals surface area contributed by atoms with E-state index in [9.17, 15) is 0 Å². The number of aliphatic hydroxyl groups is 2. The van der Waals surface area contributed by atoms with Crippen molar-refractivity contribution in [2.75, 3.05) is 39.6 Å². The van der Waals surface area contributed by atoms with E-state index < -0.39 is 5.41 Å². The molecule has 0 saturated carbocycles. The molecule has 4 heteroatoms. The first kappa shape index (κ1) is 14.0. The maximum atomic E-state index is 9.15. The van der Waals surface area contributed by atoms with Gasteiger partial charge in [0.1, 0.15) is 13.2 Å². The third kappa shape index (κ3) is 5.41. The average Bonchev–Trinajstić information content (AvgIpc) is 2.28. The standard InChI is InChI=1S/C11H16O4/c1-3-5-14-9-11(7-12,8-13)10-15-6-4-2/h1-2,12-13H,5-10H2. The van der Waals surface area contributed by atoms with Crippen LogP contribution in [0.3, 0.4) is 0 Å². The number of hydrogen-bond donors (Lipinski definition) is 2. The fourth-order valence-electron chi connectivity index (χ4n) is 0.927. The van der Waals surface area contributed by atoms with E-state index in [0.29, 0.717) is 0 Å². The van der Waals surface area contributed by atoms with E-state index >= 15 is 0 Å². The molecular formula is C11H16O4. The predicted octanol–water partition coefficient (Wildman–Crippen LogP) is -0.743. The number of aliphatic hydroxyl groups excluding tert-OH is 2. The molecule has 2 N–H and O–H groups in total. The van der Waals surface area contributed by atoms with Crippen LogP contribution in [0.25, 0.3) is 0 Å². The van der Waals surface area contributed by atoms with Crippen molar-refractivity contribution in [3.63, 3.8) is 0 Å². The van der Waals surface area contributed by atoms with Crippen LogP contribution in [-0.4, -0.2) is 49.9 Å². The van der Waals surface area contributed by atoms with Crippen molar-refractivity contribution >= 4 is 0 Å². The molecule has 0 aliphatic rings. The second-order valence-electron chi connectivity index (χ2n) is 3.21. The van der Waals surface area contributed by atoms with Crippen LogP contribution >= 0.6 is 0 Å². The normalized spacial score (nSPS) is 10.7. The summed E-state index contributed by atoms with van der Waals surface area (Å²) in [5, 5.41) is 18.3. The zero-order chi connectivity index (χ0) is 11.6. The molecule has 0 saturated heterocycles. The lowest BCUT2D eigenvalue weighted by molar-refractivity contribution is -0.0669. The second kappa shape index (κ2) is 8.28. The van der Waals surface area contributed by atoms with Crippen molar-refractivity contribution in [1.29, 1.82) is 0 Å². The molecule has 0 heterocycles. The number of hydrogen-bond acceptors (Lipinski definition) is 4. The van der Waals surface area contributed by atoms with E-state index in [1.165, 1.54) is 0 Å². The SMILES string of the molecule is C#CCOCC(CO)(CO)COCC#C. The largest absolute Gasteiger partial charge is 0.396 e. The lowest BCUT2D eigenvalue weighted by Crippen LogP contribution is -2.39. The van der Waals surface area contributed by atoms with Crippen molar-refractivity contribution in [2.45, 2.75) is 0 Å². The van der Waals surface area contributed by atoms with Crippen LogP contribution in [-0.2, 0) is 9.47 Å². The highest BCUT2D eigenvalue weighted by atomic mass is 16.5. The van der Waals surface area contributed by atoms with Crippen LogP contribution in [0.4, 0.5) is 0 Å². The van der Waals surface area contributed by atoms with Crippen LogP contribution in [0.1, 0.15) is 0 Å². The second-order valence-corrected chi connectivity index (χ2v) is 3.21. The molecule has 4 nitrogen and oxygen atoms in total. The molecule has 0 radical (unpaired) electrons. The summed E-state index contributed by atoms with van der Waals surface area (Å²) in [4.78, 5) is 0. The number of ether oxygens (including phenoxy) is 2. The Morgan fingerprint density at radius 2 is 1.33 bits per heavy atom. The average molecular weight is 212 g/mol. The van der Waals surface area contributed by atoms with Crippen LogP contribution in [0, 0.1) is 30.1 Å². The summed E-state index contributed by atoms with van der Waals surface area (Å²) in [6.45, 7) is 0.0363. The third-order valence-corrected chi connectivity index (χ3v) is 1.86. The van der Waals surface area contributed by atoms with Crippen LogP contribution in [0.15, 0.2) is 0 Å². The summed E-state index contributed by atoms with van der Waals surface area (Å²) in [5.41, 5.74) is -0.840. The zero-order valence-corrected chi connectivity index (χ0v) is 8.61. The monoisotopic (exact) mass is 212 g/mol. The molecule has 0 aliphatic heterocycles. The van der Waals surface area contributed by atoms with E-state index in [-0.39, 0.29) is 39.6 Å². The molecule has 0 amide bonds. The first-order chi connectivity index (χ1) is 7.24. The van der Waals surface area contributed by atoms with Crippen LogP contribution in [0.2, 0.25) is 0 Å². The fraction of sp³-hybridized carbons (Fsp3) is 0.636. The third-order valence-electron chi connectivity index (χ3n) is 1.86. The molecule has 0 spiro atoms. The lowest BCUT2D eigenvalue weighted by Gasteiger charge is -2.28. The summed E-state index contributed by atoms with van der Waals surface area (Å²) < 4.78 is 10.1. The van der Waals surface area contributed by atoms with E-state index in [1.807, 2.05) is 0 Å². The highest BCUT2D eigenvalue weighted by Crippen LogP contribution is 2.16. The lowest BCUT2D eigenvalue weighted by atomic mass is 9.92. The Kier molecular flexibility index (Phi) is 7.71. The molecule has 84 valence electrons. The van der Waals surface area contributed by atoms with Gasteiger partial charge in [0, 0.05) is 0 Å². The van der Waals surface area contributed by atoms with Gasteiger partial charge >= 0.3 is 0 Å². The Hall–Kier alpha value is -1.04. The Labute approximate surface area is 90.2 Å². The van der Waals surface area contributed by atoms with Gasteiger partial charge in [-0.2, -0.15) is 0 Å². The quantitative estimate of drug-likeness (QED) is 0.411. The topological polar surface area (TPSA) is 58.9 Å².